The monoisotopic (exact) mass is 326 g/mol. The normalized spacial score (nSPS) is 10.9. The molecule has 0 fully saturated rings. The van der Waals surface area contributed by atoms with Gasteiger partial charge < -0.3 is 10.1 Å². The Morgan fingerprint density at radius 3 is 2.42 bits per heavy atom. The molecule has 0 spiro atoms. The summed E-state index contributed by atoms with van der Waals surface area (Å²) in [7, 11) is 3.54. The van der Waals surface area contributed by atoms with Gasteiger partial charge in [-0.3, -0.25) is 9.69 Å². The lowest BCUT2D eigenvalue weighted by atomic mass is 10.0. The van der Waals surface area contributed by atoms with E-state index in [1.165, 1.54) is 11.1 Å². The third-order valence-electron chi connectivity index (χ3n) is 3.89. The molecule has 128 valence electrons. The first-order chi connectivity index (χ1) is 11.5. The average Bonchev–Trinajstić information content (AvgIpc) is 2.55. The molecule has 1 amide bonds. The molecule has 0 saturated carbocycles. The van der Waals surface area contributed by atoms with E-state index in [4.69, 9.17) is 4.74 Å². The molecule has 0 unspecified atom stereocenters. The molecule has 2 rings (SSSR count). The van der Waals surface area contributed by atoms with Gasteiger partial charge in [0.05, 0.1) is 19.3 Å². The molecule has 2 aromatic carbocycles. The number of nitrogens with zero attached hydrogens (tertiary/aromatic N) is 1. The number of rotatable bonds is 7. The van der Waals surface area contributed by atoms with E-state index >= 15 is 0 Å². The molecule has 0 aliphatic carbocycles. The Morgan fingerprint density at radius 2 is 1.79 bits per heavy atom. The lowest BCUT2D eigenvalue weighted by Gasteiger charge is -2.17. The van der Waals surface area contributed by atoms with Crippen LogP contribution in [0.4, 0.5) is 5.69 Å². The highest BCUT2D eigenvalue weighted by molar-refractivity contribution is 5.93. The molecule has 0 aliphatic rings. The fourth-order valence-corrected chi connectivity index (χ4v) is 2.56. The Hall–Kier alpha value is -2.33. The van der Waals surface area contributed by atoms with E-state index in [1.54, 1.807) is 7.11 Å². The number of likely N-dealkylation sites (N-methyl/N-ethyl adjacent to an activating group) is 1. The van der Waals surface area contributed by atoms with E-state index in [2.05, 4.69) is 43.4 Å². The molecule has 4 heteroatoms. The molecule has 0 aliphatic heterocycles. The zero-order valence-electron chi connectivity index (χ0n) is 14.9. The minimum absolute atomic E-state index is 0.0548. The largest absolute Gasteiger partial charge is 0.495 e. The van der Waals surface area contributed by atoms with Crippen molar-refractivity contribution < 1.29 is 9.53 Å². The lowest BCUT2D eigenvalue weighted by molar-refractivity contribution is -0.117. The number of carbonyl (C=O) groups excluding carboxylic acids is 1. The van der Waals surface area contributed by atoms with Gasteiger partial charge in [-0.25, -0.2) is 0 Å². The van der Waals surface area contributed by atoms with Gasteiger partial charge in [-0.1, -0.05) is 50.2 Å². The van der Waals surface area contributed by atoms with Crippen LogP contribution in [0.2, 0.25) is 0 Å². The van der Waals surface area contributed by atoms with Crippen molar-refractivity contribution in [2.24, 2.45) is 0 Å². The summed E-state index contributed by atoms with van der Waals surface area (Å²) in [4.78, 5) is 14.2. The first-order valence-corrected chi connectivity index (χ1v) is 8.20. The first kappa shape index (κ1) is 18.0. The summed E-state index contributed by atoms with van der Waals surface area (Å²) in [5.74, 6) is 1.14. The van der Waals surface area contributed by atoms with Crippen molar-refractivity contribution in [3.05, 3.63) is 59.7 Å². The van der Waals surface area contributed by atoms with Gasteiger partial charge in [0.1, 0.15) is 5.75 Å². The predicted molar refractivity (Wildman–Crippen MR) is 98.5 cm³/mol. The number of methoxy groups -OCH3 is 1. The van der Waals surface area contributed by atoms with Crippen LogP contribution in [-0.4, -0.2) is 31.5 Å². The van der Waals surface area contributed by atoms with Crippen LogP contribution >= 0.6 is 0 Å². The molecule has 0 atom stereocenters. The van der Waals surface area contributed by atoms with Crippen LogP contribution in [0.5, 0.6) is 5.75 Å². The zero-order valence-corrected chi connectivity index (χ0v) is 14.9. The quantitative estimate of drug-likeness (QED) is 0.839. The predicted octanol–water partition coefficient (Wildman–Crippen LogP) is 3.89. The molecule has 0 heterocycles. The molecule has 0 aromatic heterocycles. The van der Waals surface area contributed by atoms with Gasteiger partial charge in [-0.05, 0) is 36.2 Å². The Labute approximate surface area is 144 Å². The minimum Gasteiger partial charge on any atom is -0.495 e. The van der Waals surface area contributed by atoms with Gasteiger partial charge in [0.25, 0.3) is 0 Å². The summed E-state index contributed by atoms with van der Waals surface area (Å²) in [6, 6.07) is 16.0. The number of carbonyl (C=O) groups is 1. The number of para-hydroxylation sites is 2. The van der Waals surface area contributed by atoms with Crippen LogP contribution in [0.25, 0.3) is 0 Å². The van der Waals surface area contributed by atoms with E-state index in [-0.39, 0.29) is 5.91 Å². The summed E-state index contributed by atoms with van der Waals surface area (Å²) in [5.41, 5.74) is 3.22. The molecule has 4 nitrogen and oxygen atoms in total. The van der Waals surface area contributed by atoms with Crippen LogP contribution in [0.15, 0.2) is 48.5 Å². The third-order valence-corrected chi connectivity index (χ3v) is 3.89. The Bertz CT molecular complexity index is 666. The summed E-state index contributed by atoms with van der Waals surface area (Å²) in [6.07, 6.45) is 0. The molecule has 1 N–H and O–H groups in total. The summed E-state index contributed by atoms with van der Waals surface area (Å²) < 4.78 is 5.25. The lowest BCUT2D eigenvalue weighted by Crippen LogP contribution is -2.29. The first-order valence-electron chi connectivity index (χ1n) is 8.20. The van der Waals surface area contributed by atoms with E-state index < -0.39 is 0 Å². The van der Waals surface area contributed by atoms with Gasteiger partial charge in [0.2, 0.25) is 5.91 Å². The molecule has 0 bridgehead atoms. The zero-order chi connectivity index (χ0) is 17.5. The van der Waals surface area contributed by atoms with Crippen molar-refractivity contribution in [2.75, 3.05) is 26.0 Å². The number of anilines is 1. The number of ether oxygens (including phenoxy) is 1. The van der Waals surface area contributed by atoms with Crippen molar-refractivity contribution in [2.45, 2.75) is 26.3 Å². The molecular formula is C20H26N2O2. The van der Waals surface area contributed by atoms with Crippen LogP contribution < -0.4 is 10.1 Å². The van der Waals surface area contributed by atoms with Crippen LogP contribution in [0.1, 0.15) is 30.9 Å². The number of hydrogen-bond acceptors (Lipinski definition) is 3. The topological polar surface area (TPSA) is 41.6 Å². The third kappa shape index (κ3) is 5.10. The molecule has 2 aromatic rings. The van der Waals surface area contributed by atoms with Gasteiger partial charge in [0, 0.05) is 6.54 Å². The van der Waals surface area contributed by atoms with E-state index in [9.17, 15) is 4.79 Å². The van der Waals surface area contributed by atoms with Crippen molar-refractivity contribution >= 4 is 11.6 Å². The summed E-state index contributed by atoms with van der Waals surface area (Å²) in [6.45, 7) is 5.42. The number of benzene rings is 2. The number of amides is 1. The fourth-order valence-electron chi connectivity index (χ4n) is 2.56. The van der Waals surface area contributed by atoms with Gasteiger partial charge in [-0.2, -0.15) is 0 Å². The highest BCUT2D eigenvalue weighted by Gasteiger charge is 2.10. The molecular weight excluding hydrogens is 300 g/mol. The second-order valence-corrected chi connectivity index (χ2v) is 6.32. The highest BCUT2D eigenvalue weighted by Crippen LogP contribution is 2.22. The maximum absolute atomic E-state index is 12.2. The van der Waals surface area contributed by atoms with Crippen molar-refractivity contribution in [3.63, 3.8) is 0 Å². The second-order valence-electron chi connectivity index (χ2n) is 6.32. The summed E-state index contributed by atoms with van der Waals surface area (Å²) >= 11 is 0. The van der Waals surface area contributed by atoms with Gasteiger partial charge in [0.15, 0.2) is 0 Å². The molecule has 0 radical (unpaired) electrons. The van der Waals surface area contributed by atoms with Crippen LogP contribution in [-0.2, 0) is 11.3 Å². The maximum Gasteiger partial charge on any atom is 0.238 e. The Kier molecular flexibility index (Phi) is 6.38. The van der Waals surface area contributed by atoms with E-state index in [0.29, 0.717) is 23.9 Å². The van der Waals surface area contributed by atoms with Gasteiger partial charge >= 0.3 is 0 Å². The fraction of sp³-hybridized carbons (Fsp3) is 0.350. The Morgan fingerprint density at radius 1 is 1.12 bits per heavy atom. The molecule has 0 saturated heterocycles. The van der Waals surface area contributed by atoms with E-state index in [1.807, 2.05) is 36.2 Å². The van der Waals surface area contributed by atoms with Gasteiger partial charge in [-0.15, -0.1) is 0 Å². The van der Waals surface area contributed by atoms with Crippen LogP contribution in [0.3, 0.4) is 0 Å². The number of hydrogen-bond donors (Lipinski definition) is 1. The van der Waals surface area contributed by atoms with E-state index in [0.717, 1.165) is 6.54 Å². The minimum atomic E-state index is -0.0548. The smallest absolute Gasteiger partial charge is 0.238 e. The number of nitrogens with one attached hydrogen (secondary N) is 1. The summed E-state index contributed by atoms with van der Waals surface area (Å²) in [5, 5.41) is 2.90. The highest BCUT2D eigenvalue weighted by atomic mass is 16.5. The average molecular weight is 326 g/mol. The molecule has 24 heavy (non-hydrogen) atoms. The standard InChI is InChI=1S/C20H26N2O2/c1-15(2)17-11-9-16(10-12-17)13-22(3)14-20(23)21-18-7-5-6-8-19(18)24-4/h5-12,15H,13-14H2,1-4H3,(H,21,23). The van der Waals surface area contributed by atoms with Crippen molar-refractivity contribution in [1.82, 2.24) is 4.90 Å². The second kappa shape index (κ2) is 8.50. The van der Waals surface area contributed by atoms with Crippen molar-refractivity contribution in [1.29, 1.82) is 0 Å². The van der Waals surface area contributed by atoms with Crippen LogP contribution in [0, 0.1) is 0 Å². The SMILES string of the molecule is COc1ccccc1NC(=O)CN(C)Cc1ccc(C(C)C)cc1. The Balaban J connectivity index is 1.89. The van der Waals surface area contributed by atoms with Crippen molar-refractivity contribution in [3.8, 4) is 5.75 Å². The maximum atomic E-state index is 12.2.